The standard InChI is InChI=1S/C22H23N5O7/c1-11(28)18(30)19-22(31,12(2)29)6-16(34-19)27-9-26-17-20(24-8-25-21(17)27)23-7-13-3-4-14-15(5-13)33-10-32-14/h3-5,8-9,16,18-19,30-31H,6-7,10H2,1-2H3,(H,23,24,25)/t16-,18?,19-,22-/m1/s1. The van der Waals surface area contributed by atoms with E-state index in [0.29, 0.717) is 35.0 Å². The lowest BCUT2D eigenvalue weighted by Gasteiger charge is -2.27. The van der Waals surface area contributed by atoms with Crippen molar-refractivity contribution in [1.82, 2.24) is 19.5 Å². The molecule has 1 aromatic carbocycles. The highest BCUT2D eigenvalue weighted by Crippen LogP contribution is 2.40. The Morgan fingerprint density at radius 1 is 1.24 bits per heavy atom. The molecule has 2 aliphatic heterocycles. The van der Waals surface area contributed by atoms with Crippen molar-refractivity contribution in [1.29, 1.82) is 0 Å². The summed E-state index contributed by atoms with van der Waals surface area (Å²) in [6, 6.07) is 5.62. The minimum Gasteiger partial charge on any atom is -0.454 e. The quantitative estimate of drug-likeness (QED) is 0.448. The molecule has 1 saturated heterocycles. The average Bonchev–Trinajstić information content (AvgIpc) is 3.53. The zero-order valence-corrected chi connectivity index (χ0v) is 18.5. The van der Waals surface area contributed by atoms with Gasteiger partial charge in [-0.25, -0.2) is 15.0 Å². The maximum atomic E-state index is 12.2. The van der Waals surface area contributed by atoms with Crippen LogP contribution in [0.3, 0.4) is 0 Å². The van der Waals surface area contributed by atoms with Gasteiger partial charge in [-0.1, -0.05) is 6.07 Å². The number of hydrogen-bond acceptors (Lipinski definition) is 11. The van der Waals surface area contributed by atoms with Crippen LogP contribution in [0.1, 0.15) is 32.1 Å². The van der Waals surface area contributed by atoms with Crippen molar-refractivity contribution < 1.29 is 34.0 Å². The lowest BCUT2D eigenvalue weighted by molar-refractivity contribution is -0.158. The Balaban J connectivity index is 1.40. The minimum absolute atomic E-state index is 0.174. The van der Waals surface area contributed by atoms with Gasteiger partial charge in [0.25, 0.3) is 0 Å². The lowest BCUT2D eigenvalue weighted by Crippen LogP contribution is -2.52. The van der Waals surface area contributed by atoms with E-state index in [-0.39, 0.29) is 13.2 Å². The second-order valence-corrected chi connectivity index (χ2v) is 8.34. The summed E-state index contributed by atoms with van der Waals surface area (Å²) in [4.78, 5) is 36.9. The monoisotopic (exact) mass is 469 g/mol. The van der Waals surface area contributed by atoms with E-state index in [0.717, 1.165) is 5.56 Å². The van der Waals surface area contributed by atoms with Crippen LogP contribution in [-0.2, 0) is 20.9 Å². The number of nitrogens with one attached hydrogen (secondary N) is 1. The summed E-state index contributed by atoms with van der Waals surface area (Å²) in [5.41, 5.74) is -0.229. The Morgan fingerprint density at radius 3 is 2.79 bits per heavy atom. The van der Waals surface area contributed by atoms with E-state index >= 15 is 0 Å². The maximum Gasteiger partial charge on any atom is 0.231 e. The summed E-state index contributed by atoms with van der Waals surface area (Å²) in [7, 11) is 0. The molecule has 3 N–H and O–H groups in total. The van der Waals surface area contributed by atoms with Crippen molar-refractivity contribution in [2.75, 3.05) is 12.1 Å². The van der Waals surface area contributed by atoms with Gasteiger partial charge in [0.2, 0.25) is 6.79 Å². The predicted octanol–water partition coefficient (Wildman–Crippen LogP) is 0.725. The minimum atomic E-state index is -2.03. The van der Waals surface area contributed by atoms with E-state index < -0.39 is 35.6 Å². The van der Waals surface area contributed by atoms with Gasteiger partial charge in [-0.15, -0.1) is 0 Å². The molecule has 178 valence electrons. The molecule has 5 rings (SSSR count). The fourth-order valence-corrected chi connectivity index (χ4v) is 4.20. The van der Waals surface area contributed by atoms with Crippen LogP contribution in [0.2, 0.25) is 0 Å². The summed E-state index contributed by atoms with van der Waals surface area (Å²) in [5.74, 6) is 0.627. The Morgan fingerprint density at radius 2 is 2.03 bits per heavy atom. The van der Waals surface area contributed by atoms with Gasteiger partial charge in [0.1, 0.15) is 24.8 Å². The van der Waals surface area contributed by atoms with Crippen LogP contribution in [-0.4, -0.2) is 65.9 Å². The smallest absolute Gasteiger partial charge is 0.231 e. The normalized spacial score (nSPS) is 24.4. The van der Waals surface area contributed by atoms with E-state index in [1.54, 1.807) is 4.57 Å². The number of fused-ring (bicyclic) bond motifs is 2. The highest BCUT2D eigenvalue weighted by atomic mass is 16.7. The molecule has 4 atom stereocenters. The fraction of sp³-hybridized carbons (Fsp3) is 0.409. The Bertz CT molecular complexity index is 1280. The molecular formula is C22H23N5O7. The van der Waals surface area contributed by atoms with Crippen LogP contribution in [0.25, 0.3) is 11.2 Å². The first-order valence-corrected chi connectivity index (χ1v) is 10.7. The van der Waals surface area contributed by atoms with Crippen LogP contribution < -0.4 is 14.8 Å². The molecular weight excluding hydrogens is 446 g/mol. The highest BCUT2D eigenvalue weighted by Gasteiger charge is 2.55. The third-order valence-corrected chi connectivity index (χ3v) is 6.14. The number of benzene rings is 1. The predicted molar refractivity (Wildman–Crippen MR) is 116 cm³/mol. The summed E-state index contributed by atoms with van der Waals surface area (Å²) in [6.07, 6.45) is -1.30. The maximum absolute atomic E-state index is 12.2. The third-order valence-electron chi connectivity index (χ3n) is 6.14. The lowest BCUT2D eigenvalue weighted by atomic mass is 9.86. The number of aliphatic hydroxyl groups excluding tert-OH is 1. The van der Waals surface area contributed by atoms with E-state index in [2.05, 4.69) is 20.3 Å². The molecule has 12 nitrogen and oxygen atoms in total. The zero-order chi connectivity index (χ0) is 24.0. The molecule has 34 heavy (non-hydrogen) atoms. The van der Waals surface area contributed by atoms with Gasteiger partial charge in [-0.2, -0.15) is 0 Å². The number of carbonyl (C=O) groups is 2. The zero-order valence-electron chi connectivity index (χ0n) is 18.5. The number of nitrogens with zero attached hydrogens (tertiary/aromatic N) is 4. The molecule has 2 aliphatic rings. The van der Waals surface area contributed by atoms with Crippen LogP contribution in [0.5, 0.6) is 11.5 Å². The number of ketones is 2. The topological polar surface area (TPSA) is 158 Å². The third kappa shape index (κ3) is 3.65. The van der Waals surface area contributed by atoms with Crippen molar-refractivity contribution in [2.45, 2.75) is 50.8 Å². The van der Waals surface area contributed by atoms with Gasteiger partial charge >= 0.3 is 0 Å². The molecule has 1 unspecified atom stereocenters. The fourth-order valence-electron chi connectivity index (χ4n) is 4.20. The summed E-state index contributed by atoms with van der Waals surface area (Å²) in [5, 5.41) is 24.4. The van der Waals surface area contributed by atoms with Crippen molar-refractivity contribution in [2.24, 2.45) is 0 Å². The first kappa shape index (κ1) is 22.2. The molecule has 0 aliphatic carbocycles. The average molecular weight is 469 g/mol. The van der Waals surface area contributed by atoms with E-state index in [1.165, 1.54) is 26.5 Å². The van der Waals surface area contributed by atoms with Crippen LogP contribution >= 0.6 is 0 Å². The van der Waals surface area contributed by atoms with Gasteiger partial charge in [-0.3, -0.25) is 14.2 Å². The molecule has 12 heteroatoms. The largest absolute Gasteiger partial charge is 0.454 e. The molecule has 0 spiro atoms. The number of aliphatic hydroxyl groups is 2. The van der Waals surface area contributed by atoms with Gasteiger partial charge in [0, 0.05) is 13.0 Å². The van der Waals surface area contributed by atoms with E-state index in [4.69, 9.17) is 14.2 Å². The first-order valence-electron chi connectivity index (χ1n) is 10.7. The molecule has 0 amide bonds. The van der Waals surface area contributed by atoms with Gasteiger partial charge < -0.3 is 29.7 Å². The summed E-state index contributed by atoms with van der Waals surface area (Å²) >= 11 is 0. The van der Waals surface area contributed by atoms with E-state index in [9.17, 15) is 19.8 Å². The van der Waals surface area contributed by atoms with Crippen molar-refractivity contribution in [3.8, 4) is 11.5 Å². The van der Waals surface area contributed by atoms with Gasteiger partial charge in [-0.05, 0) is 31.5 Å². The van der Waals surface area contributed by atoms with Crippen molar-refractivity contribution in [3.63, 3.8) is 0 Å². The number of anilines is 1. The molecule has 1 fully saturated rings. The number of rotatable bonds is 7. The second-order valence-electron chi connectivity index (χ2n) is 8.34. The summed E-state index contributed by atoms with van der Waals surface area (Å²) in [6.45, 7) is 2.99. The SMILES string of the molecule is CC(=O)C(O)[C@H]1O[C@@H](n2cnc3c(NCc4ccc5c(c4)OCO5)ncnc32)C[C@@]1(O)C(C)=O. The van der Waals surface area contributed by atoms with Gasteiger partial charge in [0.05, 0.1) is 6.33 Å². The molecule has 2 aromatic heterocycles. The number of Topliss-reactive ketones (excluding diaryl/α,β-unsaturated/α-hetero) is 2. The van der Waals surface area contributed by atoms with Crippen LogP contribution in [0, 0.1) is 0 Å². The van der Waals surface area contributed by atoms with Crippen molar-refractivity contribution in [3.05, 3.63) is 36.4 Å². The van der Waals surface area contributed by atoms with Crippen LogP contribution in [0.4, 0.5) is 5.82 Å². The first-order chi connectivity index (χ1) is 16.3. The molecule has 4 heterocycles. The Labute approximate surface area is 193 Å². The Hall–Kier alpha value is -3.61. The van der Waals surface area contributed by atoms with Crippen molar-refractivity contribution >= 4 is 28.5 Å². The molecule has 0 radical (unpaired) electrons. The second kappa shape index (κ2) is 8.31. The molecule has 3 aromatic rings. The molecule has 0 bridgehead atoms. The van der Waals surface area contributed by atoms with E-state index in [1.807, 2.05) is 18.2 Å². The van der Waals surface area contributed by atoms with Gasteiger partial charge in [0.15, 0.2) is 45.6 Å². The Kier molecular flexibility index (Phi) is 5.42. The number of imidazole rings is 1. The number of carbonyl (C=O) groups excluding carboxylic acids is 2. The molecule has 0 saturated carbocycles. The number of hydrogen-bond donors (Lipinski definition) is 3. The number of ether oxygens (including phenoxy) is 3. The number of aromatic nitrogens is 4. The highest BCUT2D eigenvalue weighted by molar-refractivity contribution is 5.89. The van der Waals surface area contributed by atoms with Crippen LogP contribution in [0.15, 0.2) is 30.9 Å². The summed E-state index contributed by atoms with van der Waals surface area (Å²) < 4.78 is 18.1.